The molecule has 2 aromatic rings. The fraction of sp³-hybridized carbons (Fsp3) is 0.200. The van der Waals surface area contributed by atoms with E-state index < -0.39 is 0 Å². The highest BCUT2D eigenvalue weighted by Crippen LogP contribution is 2.23. The first kappa shape index (κ1) is 11.5. The van der Waals surface area contributed by atoms with Gasteiger partial charge in [0.1, 0.15) is 0 Å². The molecule has 0 fully saturated rings. The summed E-state index contributed by atoms with van der Waals surface area (Å²) in [5.41, 5.74) is 4.68. The SMILES string of the molecule is CCNc1ccc(Nc2ccccc2)c(C)c1. The summed E-state index contributed by atoms with van der Waals surface area (Å²) in [6, 6.07) is 16.6. The highest BCUT2D eigenvalue weighted by atomic mass is 14.9. The standard InChI is InChI=1S/C15H18N2/c1-3-16-14-9-10-15(12(2)11-14)17-13-7-5-4-6-8-13/h4-11,16-17H,3H2,1-2H3. The van der Waals surface area contributed by atoms with Crippen LogP contribution in [0.4, 0.5) is 17.1 Å². The molecule has 17 heavy (non-hydrogen) atoms. The summed E-state index contributed by atoms with van der Waals surface area (Å²) in [4.78, 5) is 0. The van der Waals surface area contributed by atoms with Gasteiger partial charge in [-0.2, -0.15) is 0 Å². The van der Waals surface area contributed by atoms with Crippen LogP contribution < -0.4 is 10.6 Å². The molecule has 2 rings (SSSR count). The minimum absolute atomic E-state index is 0.949. The Bertz CT molecular complexity index is 478. The second-order valence-electron chi connectivity index (χ2n) is 4.05. The van der Waals surface area contributed by atoms with Gasteiger partial charge in [0.2, 0.25) is 0 Å². The lowest BCUT2D eigenvalue weighted by Gasteiger charge is -2.11. The molecule has 2 heteroatoms. The van der Waals surface area contributed by atoms with Crippen LogP contribution in [0.5, 0.6) is 0 Å². The summed E-state index contributed by atoms with van der Waals surface area (Å²) in [7, 11) is 0. The summed E-state index contributed by atoms with van der Waals surface area (Å²) in [6.45, 7) is 5.17. The van der Waals surface area contributed by atoms with E-state index in [0.29, 0.717) is 0 Å². The summed E-state index contributed by atoms with van der Waals surface area (Å²) in [5, 5.41) is 6.73. The fourth-order valence-corrected chi connectivity index (χ4v) is 1.79. The Hall–Kier alpha value is -1.96. The number of hydrogen-bond acceptors (Lipinski definition) is 2. The smallest absolute Gasteiger partial charge is 0.0415 e. The number of rotatable bonds is 4. The Kier molecular flexibility index (Phi) is 3.66. The van der Waals surface area contributed by atoms with Crippen LogP contribution in [0, 0.1) is 6.92 Å². The maximum absolute atomic E-state index is 3.41. The van der Waals surface area contributed by atoms with Gasteiger partial charge >= 0.3 is 0 Å². The van der Waals surface area contributed by atoms with Gasteiger partial charge in [-0.3, -0.25) is 0 Å². The van der Waals surface area contributed by atoms with Crippen LogP contribution in [-0.2, 0) is 0 Å². The quantitative estimate of drug-likeness (QED) is 0.817. The molecule has 0 heterocycles. The predicted molar refractivity (Wildman–Crippen MR) is 75.1 cm³/mol. The van der Waals surface area contributed by atoms with E-state index >= 15 is 0 Å². The van der Waals surface area contributed by atoms with Gasteiger partial charge in [0.05, 0.1) is 0 Å². The first-order chi connectivity index (χ1) is 8.29. The molecule has 0 saturated heterocycles. The molecule has 0 radical (unpaired) electrons. The van der Waals surface area contributed by atoms with E-state index in [1.807, 2.05) is 18.2 Å². The normalized spacial score (nSPS) is 10.0. The zero-order chi connectivity index (χ0) is 12.1. The number of hydrogen-bond donors (Lipinski definition) is 2. The third-order valence-corrected chi connectivity index (χ3v) is 2.66. The largest absolute Gasteiger partial charge is 0.385 e. The molecule has 0 atom stereocenters. The van der Waals surface area contributed by atoms with E-state index in [9.17, 15) is 0 Å². The minimum Gasteiger partial charge on any atom is -0.385 e. The zero-order valence-electron chi connectivity index (χ0n) is 10.3. The van der Waals surface area contributed by atoms with E-state index in [-0.39, 0.29) is 0 Å². The molecule has 88 valence electrons. The first-order valence-electron chi connectivity index (χ1n) is 5.96. The Labute approximate surface area is 103 Å². The van der Waals surface area contributed by atoms with Gasteiger partial charge in [0.15, 0.2) is 0 Å². The number of para-hydroxylation sites is 1. The number of aryl methyl sites for hydroxylation is 1. The van der Waals surface area contributed by atoms with Crippen LogP contribution in [0.3, 0.4) is 0 Å². The fourth-order valence-electron chi connectivity index (χ4n) is 1.79. The monoisotopic (exact) mass is 226 g/mol. The first-order valence-corrected chi connectivity index (χ1v) is 5.96. The van der Waals surface area contributed by atoms with Crippen LogP contribution in [0.15, 0.2) is 48.5 Å². The Balaban J connectivity index is 2.17. The maximum atomic E-state index is 3.41. The van der Waals surface area contributed by atoms with E-state index in [1.54, 1.807) is 0 Å². The van der Waals surface area contributed by atoms with Crippen molar-refractivity contribution in [2.75, 3.05) is 17.2 Å². The van der Waals surface area contributed by atoms with E-state index in [0.717, 1.165) is 17.9 Å². The topological polar surface area (TPSA) is 24.1 Å². The minimum atomic E-state index is 0.949. The molecule has 0 aliphatic carbocycles. The van der Waals surface area contributed by atoms with Gasteiger partial charge in [0.25, 0.3) is 0 Å². The molecule has 0 aliphatic heterocycles. The van der Waals surface area contributed by atoms with Crippen LogP contribution >= 0.6 is 0 Å². The molecular formula is C15H18N2. The van der Waals surface area contributed by atoms with Crippen molar-refractivity contribution in [2.45, 2.75) is 13.8 Å². The molecule has 0 bridgehead atoms. The Morgan fingerprint density at radius 3 is 2.35 bits per heavy atom. The van der Waals surface area contributed by atoms with Crippen LogP contribution in [-0.4, -0.2) is 6.54 Å². The summed E-state index contributed by atoms with van der Waals surface area (Å²) in [5.74, 6) is 0. The van der Waals surface area contributed by atoms with Crippen LogP contribution in [0.25, 0.3) is 0 Å². The molecular weight excluding hydrogens is 208 g/mol. The van der Waals surface area contributed by atoms with Gasteiger partial charge in [-0.25, -0.2) is 0 Å². The van der Waals surface area contributed by atoms with Gasteiger partial charge in [0, 0.05) is 23.6 Å². The molecule has 0 aliphatic rings. The van der Waals surface area contributed by atoms with Crippen molar-refractivity contribution < 1.29 is 0 Å². The molecule has 2 aromatic carbocycles. The third kappa shape index (κ3) is 3.00. The number of benzene rings is 2. The molecule has 2 nitrogen and oxygen atoms in total. The van der Waals surface area contributed by atoms with Gasteiger partial charge < -0.3 is 10.6 Å². The number of anilines is 3. The van der Waals surface area contributed by atoms with E-state index in [1.165, 1.54) is 11.3 Å². The van der Waals surface area contributed by atoms with Crippen molar-refractivity contribution in [3.8, 4) is 0 Å². The average molecular weight is 226 g/mol. The lowest BCUT2D eigenvalue weighted by atomic mass is 10.1. The van der Waals surface area contributed by atoms with Crippen LogP contribution in [0.2, 0.25) is 0 Å². The van der Waals surface area contributed by atoms with Gasteiger partial charge in [-0.1, -0.05) is 18.2 Å². The third-order valence-electron chi connectivity index (χ3n) is 2.66. The van der Waals surface area contributed by atoms with Crippen molar-refractivity contribution in [1.82, 2.24) is 0 Å². The average Bonchev–Trinajstić information content (AvgIpc) is 2.34. The lowest BCUT2D eigenvalue weighted by molar-refractivity contribution is 1.21. The molecule has 0 saturated carbocycles. The highest BCUT2D eigenvalue weighted by Gasteiger charge is 1.99. The van der Waals surface area contributed by atoms with E-state index in [4.69, 9.17) is 0 Å². The van der Waals surface area contributed by atoms with Crippen molar-refractivity contribution in [3.63, 3.8) is 0 Å². The molecule has 2 N–H and O–H groups in total. The summed E-state index contributed by atoms with van der Waals surface area (Å²) >= 11 is 0. The van der Waals surface area contributed by atoms with Crippen LogP contribution in [0.1, 0.15) is 12.5 Å². The number of nitrogens with one attached hydrogen (secondary N) is 2. The van der Waals surface area contributed by atoms with E-state index in [2.05, 4.69) is 54.8 Å². The molecule has 0 amide bonds. The molecule has 0 unspecified atom stereocenters. The lowest BCUT2D eigenvalue weighted by Crippen LogP contribution is -1.98. The van der Waals surface area contributed by atoms with Crippen molar-refractivity contribution in [2.24, 2.45) is 0 Å². The molecule has 0 spiro atoms. The van der Waals surface area contributed by atoms with Gasteiger partial charge in [-0.15, -0.1) is 0 Å². The van der Waals surface area contributed by atoms with Crippen molar-refractivity contribution in [1.29, 1.82) is 0 Å². The maximum Gasteiger partial charge on any atom is 0.0415 e. The highest BCUT2D eigenvalue weighted by molar-refractivity contribution is 5.66. The van der Waals surface area contributed by atoms with Crippen molar-refractivity contribution >= 4 is 17.1 Å². The second kappa shape index (κ2) is 5.39. The zero-order valence-corrected chi connectivity index (χ0v) is 10.3. The van der Waals surface area contributed by atoms with Gasteiger partial charge in [-0.05, 0) is 49.7 Å². The Morgan fingerprint density at radius 2 is 1.71 bits per heavy atom. The molecule has 0 aromatic heterocycles. The summed E-state index contributed by atoms with van der Waals surface area (Å²) < 4.78 is 0. The Morgan fingerprint density at radius 1 is 0.941 bits per heavy atom. The second-order valence-corrected chi connectivity index (χ2v) is 4.05. The van der Waals surface area contributed by atoms with Crippen molar-refractivity contribution in [3.05, 3.63) is 54.1 Å². The predicted octanol–water partition coefficient (Wildman–Crippen LogP) is 4.17. The summed E-state index contributed by atoms with van der Waals surface area (Å²) in [6.07, 6.45) is 0.